The number of rotatable bonds is 3. The molecule has 0 aliphatic rings. The number of anilines is 1. The average Bonchev–Trinajstić information content (AvgIpc) is 2.40. The van der Waals surface area contributed by atoms with Crippen LogP contribution in [0.3, 0.4) is 0 Å². The maximum Gasteiger partial charge on any atom is 0.417 e. The molecule has 0 spiro atoms. The third-order valence-electron chi connectivity index (χ3n) is 2.75. The van der Waals surface area contributed by atoms with Crippen LogP contribution in [-0.2, 0) is 12.7 Å². The Balaban J connectivity index is 2.15. The summed E-state index contributed by atoms with van der Waals surface area (Å²) in [6, 6.07) is 7.98. The van der Waals surface area contributed by atoms with Gasteiger partial charge in [-0.05, 0) is 51.8 Å². The third-order valence-corrected chi connectivity index (χ3v) is 3.69. The van der Waals surface area contributed by atoms with Gasteiger partial charge in [-0.25, -0.2) is 4.39 Å². The normalized spacial score (nSPS) is 11.5. The van der Waals surface area contributed by atoms with Crippen molar-refractivity contribution in [3.8, 4) is 0 Å². The van der Waals surface area contributed by atoms with Crippen LogP contribution in [-0.4, -0.2) is 0 Å². The number of hydrogen-bond acceptors (Lipinski definition) is 1. The standard InChI is InChI=1S/C14H9BrClF4N/c15-11-5-8(1-4-13(11)17)7-21-9-2-3-12(16)10(6-9)14(18,19)20/h1-6,21H,7H2. The second-order valence-electron chi connectivity index (χ2n) is 4.29. The molecule has 0 saturated heterocycles. The molecule has 0 aromatic heterocycles. The van der Waals surface area contributed by atoms with E-state index in [1.165, 1.54) is 18.2 Å². The molecule has 0 unspecified atom stereocenters. The van der Waals surface area contributed by atoms with Gasteiger partial charge in [-0.3, -0.25) is 0 Å². The predicted octanol–water partition coefficient (Wildman–Crippen LogP) is 5.87. The summed E-state index contributed by atoms with van der Waals surface area (Å²) in [5, 5.41) is 2.50. The van der Waals surface area contributed by atoms with Crippen molar-refractivity contribution in [2.24, 2.45) is 0 Å². The topological polar surface area (TPSA) is 12.0 Å². The van der Waals surface area contributed by atoms with Crippen molar-refractivity contribution < 1.29 is 17.6 Å². The van der Waals surface area contributed by atoms with Crippen molar-refractivity contribution in [1.82, 2.24) is 0 Å². The average molecular weight is 383 g/mol. The minimum atomic E-state index is -4.51. The molecule has 0 aliphatic carbocycles. The molecule has 112 valence electrons. The summed E-state index contributed by atoms with van der Waals surface area (Å²) in [4.78, 5) is 0. The molecular weight excluding hydrogens is 374 g/mol. The smallest absolute Gasteiger partial charge is 0.381 e. The van der Waals surface area contributed by atoms with Crippen LogP contribution in [0.2, 0.25) is 5.02 Å². The molecule has 2 aromatic rings. The van der Waals surface area contributed by atoms with Gasteiger partial charge in [0.15, 0.2) is 0 Å². The second kappa shape index (κ2) is 6.23. The summed E-state index contributed by atoms with van der Waals surface area (Å²) in [5.41, 5.74) is 0.119. The highest BCUT2D eigenvalue weighted by Crippen LogP contribution is 2.36. The molecular formula is C14H9BrClF4N. The first-order chi connectivity index (χ1) is 9.77. The highest BCUT2D eigenvalue weighted by molar-refractivity contribution is 9.10. The monoisotopic (exact) mass is 381 g/mol. The van der Waals surface area contributed by atoms with Crippen molar-refractivity contribution in [3.63, 3.8) is 0 Å². The van der Waals surface area contributed by atoms with E-state index < -0.39 is 17.6 Å². The molecule has 2 rings (SSSR count). The summed E-state index contributed by atoms with van der Waals surface area (Å²) in [5.74, 6) is -0.399. The third kappa shape index (κ3) is 4.11. The van der Waals surface area contributed by atoms with Gasteiger partial charge >= 0.3 is 6.18 Å². The van der Waals surface area contributed by atoms with E-state index in [0.29, 0.717) is 4.47 Å². The van der Waals surface area contributed by atoms with Crippen molar-refractivity contribution in [1.29, 1.82) is 0 Å². The van der Waals surface area contributed by atoms with Gasteiger partial charge in [0.25, 0.3) is 0 Å². The van der Waals surface area contributed by atoms with E-state index >= 15 is 0 Å². The van der Waals surface area contributed by atoms with Crippen LogP contribution in [0.25, 0.3) is 0 Å². The van der Waals surface area contributed by atoms with Gasteiger partial charge in [0.1, 0.15) is 5.82 Å². The largest absolute Gasteiger partial charge is 0.417 e. The van der Waals surface area contributed by atoms with E-state index in [9.17, 15) is 17.6 Å². The Bertz CT molecular complexity index is 658. The fourth-order valence-electron chi connectivity index (χ4n) is 1.71. The van der Waals surface area contributed by atoms with Crippen molar-refractivity contribution >= 4 is 33.2 Å². The van der Waals surface area contributed by atoms with Gasteiger partial charge in [0, 0.05) is 12.2 Å². The van der Waals surface area contributed by atoms with Crippen LogP contribution in [0.1, 0.15) is 11.1 Å². The van der Waals surface area contributed by atoms with Gasteiger partial charge < -0.3 is 5.32 Å². The fraction of sp³-hybridized carbons (Fsp3) is 0.143. The summed E-state index contributed by atoms with van der Waals surface area (Å²) in [6.07, 6.45) is -4.51. The maximum atomic E-state index is 13.1. The van der Waals surface area contributed by atoms with Gasteiger partial charge in [0.2, 0.25) is 0 Å². The zero-order chi connectivity index (χ0) is 15.6. The molecule has 0 saturated carbocycles. The minimum Gasteiger partial charge on any atom is -0.381 e. The molecule has 1 nitrogen and oxygen atoms in total. The Kier molecular flexibility index (Phi) is 4.78. The lowest BCUT2D eigenvalue weighted by molar-refractivity contribution is -0.137. The van der Waals surface area contributed by atoms with Crippen molar-refractivity contribution in [2.45, 2.75) is 12.7 Å². The number of halogens is 6. The Morgan fingerprint density at radius 2 is 1.81 bits per heavy atom. The Labute approximate surface area is 132 Å². The molecule has 21 heavy (non-hydrogen) atoms. The zero-order valence-corrected chi connectivity index (χ0v) is 12.8. The first-order valence-electron chi connectivity index (χ1n) is 5.82. The first-order valence-corrected chi connectivity index (χ1v) is 6.99. The van der Waals surface area contributed by atoms with Crippen LogP contribution in [0.15, 0.2) is 40.9 Å². The van der Waals surface area contributed by atoms with E-state index in [1.54, 1.807) is 12.1 Å². The van der Waals surface area contributed by atoms with Crippen LogP contribution in [0, 0.1) is 5.82 Å². The lowest BCUT2D eigenvalue weighted by Gasteiger charge is -2.12. The van der Waals surface area contributed by atoms with E-state index in [1.807, 2.05) is 0 Å². The quantitative estimate of drug-likeness (QED) is 0.654. The lowest BCUT2D eigenvalue weighted by Crippen LogP contribution is -2.07. The van der Waals surface area contributed by atoms with Crippen LogP contribution in [0.5, 0.6) is 0 Å². The Hall–Kier alpha value is -1.27. The van der Waals surface area contributed by atoms with Gasteiger partial charge in [0.05, 0.1) is 15.1 Å². The molecule has 0 aliphatic heterocycles. The Morgan fingerprint density at radius 3 is 2.43 bits per heavy atom. The highest BCUT2D eigenvalue weighted by atomic mass is 79.9. The van der Waals surface area contributed by atoms with Crippen molar-refractivity contribution in [3.05, 3.63) is 62.8 Å². The molecule has 2 aromatic carbocycles. The van der Waals surface area contributed by atoms with Crippen LogP contribution in [0.4, 0.5) is 23.2 Å². The molecule has 0 heterocycles. The van der Waals surface area contributed by atoms with E-state index in [0.717, 1.165) is 11.6 Å². The second-order valence-corrected chi connectivity index (χ2v) is 5.56. The highest BCUT2D eigenvalue weighted by Gasteiger charge is 2.33. The number of alkyl halides is 3. The maximum absolute atomic E-state index is 13.1. The predicted molar refractivity (Wildman–Crippen MR) is 77.9 cm³/mol. The van der Waals surface area contributed by atoms with E-state index in [2.05, 4.69) is 21.2 Å². The fourth-order valence-corrected chi connectivity index (χ4v) is 2.36. The molecule has 0 bridgehead atoms. The van der Waals surface area contributed by atoms with Gasteiger partial charge in [-0.15, -0.1) is 0 Å². The molecule has 0 fully saturated rings. The molecule has 1 N–H and O–H groups in total. The summed E-state index contributed by atoms with van der Waals surface area (Å²) in [6.45, 7) is 0.262. The van der Waals surface area contributed by atoms with E-state index in [-0.39, 0.29) is 17.3 Å². The number of hydrogen-bond donors (Lipinski definition) is 1. The number of nitrogens with one attached hydrogen (secondary N) is 1. The molecule has 7 heteroatoms. The summed E-state index contributed by atoms with van der Waals surface area (Å²) in [7, 11) is 0. The van der Waals surface area contributed by atoms with Crippen LogP contribution >= 0.6 is 27.5 Å². The van der Waals surface area contributed by atoms with Gasteiger partial charge in [-0.1, -0.05) is 17.7 Å². The minimum absolute atomic E-state index is 0.262. The summed E-state index contributed by atoms with van der Waals surface area (Å²) < 4.78 is 51.6. The first kappa shape index (κ1) is 16.1. The van der Waals surface area contributed by atoms with E-state index in [4.69, 9.17) is 11.6 Å². The SMILES string of the molecule is Fc1ccc(CNc2ccc(Cl)c(C(F)(F)F)c2)cc1Br. The van der Waals surface area contributed by atoms with Crippen molar-refractivity contribution in [2.75, 3.05) is 5.32 Å². The zero-order valence-electron chi connectivity index (χ0n) is 10.4. The molecule has 0 amide bonds. The van der Waals surface area contributed by atoms with Crippen LogP contribution < -0.4 is 5.32 Å². The molecule has 0 atom stereocenters. The molecule has 0 radical (unpaired) electrons. The summed E-state index contributed by atoms with van der Waals surface area (Å²) >= 11 is 8.59. The Morgan fingerprint density at radius 1 is 1.10 bits per heavy atom. The number of benzene rings is 2. The van der Waals surface area contributed by atoms with Gasteiger partial charge in [-0.2, -0.15) is 13.2 Å². The lowest BCUT2D eigenvalue weighted by atomic mass is 10.1.